The lowest BCUT2D eigenvalue weighted by atomic mass is 9.87. The van der Waals surface area contributed by atoms with Crippen molar-refractivity contribution in [3.63, 3.8) is 0 Å². The van der Waals surface area contributed by atoms with Crippen LogP contribution >= 0.6 is 45.8 Å². The van der Waals surface area contributed by atoms with E-state index in [1.165, 1.54) is 0 Å². The van der Waals surface area contributed by atoms with Gasteiger partial charge in [0, 0.05) is 43.8 Å². The summed E-state index contributed by atoms with van der Waals surface area (Å²) in [7, 11) is 0. The maximum Gasteiger partial charge on any atom is 0.177 e. The van der Waals surface area contributed by atoms with Gasteiger partial charge in [-0.25, -0.2) is 0 Å². The highest BCUT2D eigenvalue weighted by Gasteiger charge is 2.29. The first-order valence-electron chi connectivity index (χ1n) is 5.43. The molecule has 2 aromatic carbocycles. The van der Waals surface area contributed by atoms with Crippen LogP contribution in [0.1, 0.15) is 11.1 Å². The maximum absolute atomic E-state index is 10.9. The Morgan fingerprint density at radius 3 is 1.53 bits per heavy atom. The molecule has 0 aliphatic rings. The summed E-state index contributed by atoms with van der Waals surface area (Å²) >= 11 is 13.6. The number of halogens is 3. The second-order valence-corrected chi connectivity index (χ2v) is 5.36. The van der Waals surface area contributed by atoms with Gasteiger partial charge in [0.05, 0.1) is 0 Å². The van der Waals surface area contributed by atoms with Crippen LogP contribution in [0.15, 0.2) is 48.5 Å². The summed E-state index contributed by atoms with van der Waals surface area (Å²) in [6.45, 7) is 0. The topological polar surface area (TPSA) is 20.2 Å². The molecule has 0 bridgehead atoms. The molecule has 0 heterocycles. The fourth-order valence-electron chi connectivity index (χ4n) is 1.76. The average molecular weight is 403 g/mol. The number of aliphatic hydroxyl groups is 1. The smallest absolute Gasteiger partial charge is 0.177 e. The monoisotopic (exact) mass is 402 g/mol. The van der Waals surface area contributed by atoms with Gasteiger partial charge in [0.15, 0.2) is 5.60 Å². The van der Waals surface area contributed by atoms with Gasteiger partial charge in [-0.05, 0) is 34.1 Å². The second kappa shape index (κ2) is 6.15. The Morgan fingerprint density at radius 2 is 1.21 bits per heavy atom. The van der Waals surface area contributed by atoms with Gasteiger partial charge < -0.3 is 5.11 Å². The van der Waals surface area contributed by atoms with Crippen LogP contribution in [0.4, 0.5) is 0 Å². The standard InChI is InChI=1S/C15H9Cl2IO/c16-13-5-1-11(2-6-13)15(19,9-10-18)12-3-7-14(17)8-4-12/h1-8,19H. The lowest BCUT2D eigenvalue weighted by Crippen LogP contribution is -2.25. The molecule has 0 saturated heterocycles. The van der Waals surface area contributed by atoms with E-state index < -0.39 is 5.60 Å². The molecule has 0 fully saturated rings. The lowest BCUT2D eigenvalue weighted by Gasteiger charge is -2.23. The molecule has 0 radical (unpaired) electrons. The minimum Gasteiger partial charge on any atom is -0.369 e. The first-order chi connectivity index (χ1) is 9.06. The normalized spacial score (nSPS) is 10.7. The molecule has 0 atom stereocenters. The Labute approximate surface area is 135 Å². The summed E-state index contributed by atoms with van der Waals surface area (Å²) in [5, 5.41) is 12.1. The van der Waals surface area contributed by atoms with E-state index in [4.69, 9.17) is 23.2 Å². The van der Waals surface area contributed by atoms with E-state index in [1.54, 1.807) is 48.5 Å². The van der Waals surface area contributed by atoms with Crippen molar-refractivity contribution in [2.75, 3.05) is 0 Å². The largest absolute Gasteiger partial charge is 0.369 e. The molecule has 96 valence electrons. The Balaban J connectivity index is 2.56. The molecule has 0 amide bonds. The molecule has 2 rings (SSSR count). The van der Waals surface area contributed by atoms with E-state index in [9.17, 15) is 5.11 Å². The van der Waals surface area contributed by atoms with Crippen LogP contribution in [0, 0.1) is 9.85 Å². The summed E-state index contributed by atoms with van der Waals surface area (Å²) < 4.78 is 2.74. The summed E-state index contributed by atoms with van der Waals surface area (Å²) in [5.41, 5.74) is -0.0251. The highest BCUT2D eigenvalue weighted by molar-refractivity contribution is 14.1. The number of rotatable bonds is 2. The summed E-state index contributed by atoms with van der Waals surface area (Å²) in [6, 6.07) is 14.0. The molecule has 0 unspecified atom stereocenters. The van der Waals surface area contributed by atoms with Crippen LogP contribution in [0.5, 0.6) is 0 Å². The van der Waals surface area contributed by atoms with Crippen molar-refractivity contribution in [1.29, 1.82) is 0 Å². The van der Waals surface area contributed by atoms with E-state index >= 15 is 0 Å². The SMILES string of the molecule is OC(C#CI)(c1ccc(Cl)cc1)c1ccc(Cl)cc1. The van der Waals surface area contributed by atoms with Crippen molar-refractivity contribution in [1.82, 2.24) is 0 Å². The predicted molar refractivity (Wildman–Crippen MR) is 87.7 cm³/mol. The average Bonchev–Trinajstić information content (AvgIpc) is 2.40. The highest BCUT2D eigenvalue weighted by Crippen LogP contribution is 2.30. The van der Waals surface area contributed by atoms with Crippen molar-refractivity contribution < 1.29 is 5.11 Å². The Morgan fingerprint density at radius 1 is 0.842 bits per heavy atom. The number of hydrogen-bond acceptors (Lipinski definition) is 1. The van der Waals surface area contributed by atoms with Crippen molar-refractivity contribution in [2.45, 2.75) is 5.60 Å². The number of hydrogen-bond donors (Lipinski definition) is 1. The van der Waals surface area contributed by atoms with E-state index in [2.05, 4.69) is 9.85 Å². The number of benzene rings is 2. The zero-order chi connectivity index (χ0) is 13.9. The Hall–Kier alpha value is -0.730. The molecular weight excluding hydrogens is 394 g/mol. The molecule has 0 aromatic heterocycles. The lowest BCUT2D eigenvalue weighted by molar-refractivity contribution is 0.145. The van der Waals surface area contributed by atoms with Gasteiger partial charge in [0.25, 0.3) is 0 Å². The molecule has 0 aliphatic heterocycles. The predicted octanol–water partition coefficient (Wildman–Crippen LogP) is 4.63. The molecule has 1 N–H and O–H groups in total. The van der Waals surface area contributed by atoms with Crippen LogP contribution in [-0.4, -0.2) is 5.11 Å². The van der Waals surface area contributed by atoms with E-state index in [1.807, 2.05) is 22.6 Å². The van der Waals surface area contributed by atoms with Crippen LogP contribution in [0.25, 0.3) is 0 Å². The Kier molecular flexibility index (Phi) is 4.75. The minimum absolute atomic E-state index is 0.615. The van der Waals surface area contributed by atoms with Crippen molar-refractivity contribution in [2.24, 2.45) is 0 Å². The molecule has 0 saturated carbocycles. The highest BCUT2D eigenvalue weighted by atomic mass is 127. The van der Waals surface area contributed by atoms with Gasteiger partial charge in [0.1, 0.15) is 0 Å². The van der Waals surface area contributed by atoms with Crippen LogP contribution in [0.2, 0.25) is 10.0 Å². The zero-order valence-electron chi connectivity index (χ0n) is 9.70. The van der Waals surface area contributed by atoms with E-state index in [0.717, 1.165) is 0 Å². The molecule has 4 heteroatoms. The fourth-order valence-corrected chi connectivity index (χ4v) is 2.40. The second-order valence-electron chi connectivity index (χ2n) is 3.94. The van der Waals surface area contributed by atoms with Gasteiger partial charge in [-0.3, -0.25) is 0 Å². The summed E-state index contributed by atoms with van der Waals surface area (Å²) in [4.78, 5) is 0. The third-order valence-electron chi connectivity index (χ3n) is 2.75. The van der Waals surface area contributed by atoms with E-state index in [0.29, 0.717) is 21.2 Å². The molecular formula is C15H9Cl2IO. The zero-order valence-corrected chi connectivity index (χ0v) is 13.4. The summed E-state index contributed by atoms with van der Waals surface area (Å²) in [6.07, 6.45) is 0. The van der Waals surface area contributed by atoms with Crippen molar-refractivity contribution >= 4 is 45.8 Å². The minimum atomic E-state index is -1.36. The van der Waals surface area contributed by atoms with Gasteiger partial charge >= 0.3 is 0 Å². The van der Waals surface area contributed by atoms with Gasteiger partial charge in [-0.15, -0.1) is 0 Å². The molecule has 0 aliphatic carbocycles. The van der Waals surface area contributed by atoms with Gasteiger partial charge in [-0.1, -0.05) is 47.5 Å². The fraction of sp³-hybridized carbons (Fsp3) is 0.0667. The third kappa shape index (κ3) is 3.24. The molecule has 1 nitrogen and oxygen atoms in total. The quantitative estimate of drug-likeness (QED) is 0.573. The molecule has 19 heavy (non-hydrogen) atoms. The van der Waals surface area contributed by atoms with Crippen LogP contribution < -0.4 is 0 Å². The van der Waals surface area contributed by atoms with Gasteiger partial charge in [-0.2, -0.15) is 0 Å². The molecule has 2 aromatic rings. The van der Waals surface area contributed by atoms with Crippen molar-refractivity contribution in [3.05, 3.63) is 69.7 Å². The maximum atomic E-state index is 10.9. The van der Waals surface area contributed by atoms with E-state index in [-0.39, 0.29) is 0 Å². The van der Waals surface area contributed by atoms with Crippen LogP contribution in [-0.2, 0) is 5.60 Å². The molecule has 0 spiro atoms. The first kappa shape index (κ1) is 14.7. The third-order valence-corrected chi connectivity index (χ3v) is 3.53. The van der Waals surface area contributed by atoms with Crippen molar-refractivity contribution in [3.8, 4) is 9.85 Å². The summed E-state index contributed by atoms with van der Waals surface area (Å²) in [5.74, 6) is 2.84. The Bertz CT molecular complexity index is 578. The first-order valence-corrected chi connectivity index (χ1v) is 7.27. The van der Waals surface area contributed by atoms with Crippen LogP contribution in [0.3, 0.4) is 0 Å². The van der Waals surface area contributed by atoms with Gasteiger partial charge in [0.2, 0.25) is 0 Å².